The summed E-state index contributed by atoms with van der Waals surface area (Å²) in [7, 11) is 0. The van der Waals surface area contributed by atoms with Crippen LogP contribution in [-0.2, 0) is 0 Å². The molecule has 0 saturated heterocycles. The van der Waals surface area contributed by atoms with Crippen molar-refractivity contribution in [1.29, 1.82) is 0 Å². The molecule has 2 heterocycles. The minimum atomic E-state index is 1.17. The molecule has 1 aromatic heterocycles. The van der Waals surface area contributed by atoms with E-state index >= 15 is 0 Å². The third-order valence-corrected chi connectivity index (χ3v) is 3.85. The summed E-state index contributed by atoms with van der Waals surface area (Å²) in [6.07, 6.45) is 2.60. The molecule has 0 radical (unpaired) electrons. The van der Waals surface area contributed by atoms with E-state index in [4.69, 9.17) is 0 Å². The van der Waals surface area contributed by atoms with Gasteiger partial charge in [0.05, 0.1) is 0 Å². The summed E-state index contributed by atoms with van der Waals surface area (Å²) in [5.74, 6) is 0. The first-order valence-corrected chi connectivity index (χ1v) is 6.45. The average molecular weight is 223 g/mol. The zero-order valence-corrected chi connectivity index (χ0v) is 11.0. The molecule has 1 N–H and O–H groups in total. The Balaban J connectivity index is 0.000000151. The second kappa shape index (κ2) is 5.96. The predicted molar refractivity (Wildman–Crippen MR) is 69.4 cm³/mol. The third kappa shape index (κ3) is 4.08. The summed E-state index contributed by atoms with van der Waals surface area (Å²) in [4.78, 5) is 0. The Morgan fingerprint density at radius 1 is 1.07 bits per heavy atom. The maximum absolute atomic E-state index is 3.31. The van der Waals surface area contributed by atoms with Gasteiger partial charge in [0.15, 0.2) is 0 Å². The van der Waals surface area contributed by atoms with Crippen LogP contribution in [0.1, 0.15) is 37.8 Å². The number of thiophene rings is 1. The molecular weight excluding hydrogens is 202 g/mol. The lowest BCUT2D eigenvalue weighted by Gasteiger charge is -2.15. The summed E-state index contributed by atoms with van der Waals surface area (Å²) in [5, 5.41) is 7.64. The highest BCUT2D eigenvalue weighted by molar-refractivity contribution is 7.08. The number of allylic oxidation sites excluding steroid dienone is 2. The van der Waals surface area contributed by atoms with Crippen LogP contribution in [0.2, 0.25) is 0 Å². The second-order valence-electron chi connectivity index (χ2n) is 4.17. The number of aryl methyl sites for hydroxylation is 2. The fraction of sp³-hybridized carbons (Fsp3) is 0.538. The monoisotopic (exact) mass is 223 g/mol. The van der Waals surface area contributed by atoms with Gasteiger partial charge in [0.1, 0.15) is 0 Å². The van der Waals surface area contributed by atoms with Crippen LogP contribution < -0.4 is 5.32 Å². The van der Waals surface area contributed by atoms with Crippen molar-refractivity contribution >= 4 is 11.3 Å². The molecule has 0 aliphatic carbocycles. The van der Waals surface area contributed by atoms with Gasteiger partial charge < -0.3 is 5.32 Å². The molecule has 2 heteroatoms. The Morgan fingerprint density at radius 2 is 1.67 bits per heavy atom. The van der Waals surface area contributed by atoms with Crippen molar-refractivity contribution in [2.75, 3.05) is 6.54 Å². The maximum Gasteiger partial charge on any atom is 0.0146 e. The van der Waals surface area contributed by atoms with E-state index in [9.17, 15) is 0 Å². The molecule has 0 spiro atoms. The van der Waals surface area contributed by atoms with E-state index < -0.39 is 0 Å². The minimum absolute atomic E-state index is 1.17. The van der Waals surface area contributed by atoms with Gasteiger partial charge in [-0.25, -0.2) is 0 Å². The number of nitrogens with one attached hydrogen (secondary N) is 1. The van der Waals surface area contributed by atoms with Crippen molar-refractivity contribution in [3.05, 3.63) is 33.2 Å². The summed E-state index contributed by atoms with van der Waals surface area (Å²) in [6.45, 7) is 9.77. The van der Waals surface area contributed by atoms with Gasteiger partial charge in [-0.3, -0.25) is 0 Å². The molecule has 0 saturated carbocycles. The standard InChI is InChI=1S/C7H13N.C6H8S/c1-6-4-3-5-8-7(6)2;1-5-3-7-4-6(5)2/h8H,3-5H2,1-2H3;3-4H,1-2H3. The zero-order valence-electron chi connectivity index (χ0n) is 10.2. The maximum atomic E-state index is 3.31. The minimum Gasteiger partial charge on any atom is -0.389 e. The van der Waals surface area contributed by atoms with Crippen molar-refractivity contribution in [2.24, 2.45) is 0 Å². The van der Waals surface area contributed by atoms with E-state index in [1.165, 1.54) is 41.8 Å². The summed E-state index contributed by atoms with van der Waals surface area (Å²) in [5.41, 5.74) is 5.72. The fourth-order valence-electron chi connectivity index (χ4n) is 1.39. The molecule has 1 aromatic rings. The lowest BCUT2D eigenvalue weighted by Crippen LogP contribution is -2.18. The Morgan fingerprint density at radius 3 is 1.93 bits per heavy atom. The van der Waals surface area contributed by atoms with Gasteiger partial charge in [0.2, 0.25) is 0 Å². The molecule has 1 aliphatic rings. The molecule has 84 valence electrons. The van der Waals surface area contributed by atoms with Crippen molar-refractivity contribution in [1.82, 2.24) is 5.32 Å². The van der Waals surface area contributed by atoms with Gasteiger partial charge in [-0.1, -0.05) is 5.57 Å². The number of rotatable bonds is 0. The van der Waals surface area contributed by atoms with Gasteiger partial charge in [-0.05, 0) is 62.4 Å². The highest BCUT2D eigenvalue weighted by atomic mass is 32.1. The lowest BCUT2D eigenvalue weighted by atomic mass is 10.1. The topological polar surface area (TPSA) is 12.0 Å². The Kier molecular flexibility index (Phi) is 4.89. The fourth-order valence-corrected chi connectivity index (χ4v) is 2.24. The lowest BCUT2D eigenvalue weighted by molar-refractivity contribution is 0.661. The van der Waals surface area contributed by atoms with Gasteiger partial charge >= 0.3 is 0 Å². The van der Waals surface area contributed by atoms with Crippen LogP contribution in [0.25, 0.3) is 0 Å². The molecule has 0 amide bonds. The van der Waals surface area contributed by atoms with E-state index in [1.54, 1.807) is 11.3 Å². The quantitative estimate of drug-likeness (QED) is 0.700. The number of hydrogen-bond acceptors (Lipinski definition) is 2. The van der Waals surface area contributed by atoms with Crippen molar-refractivity contribution in [2.45, 2.75) is 40.5 Å². The first-order chi connectivity index (χ1) is 7.11. The van der Waals surface area contributed by atoms with Crippen LogP contribution >= 0.6 is 11.3 Å². The SMILES string of the molecule is CC1=C(C)NCCC1.Cc1cscc1C. The van der Waals surface area contributed by atoms with Gasteiger partial charge in [0, 0.05) is 12.2 Å². The van der Waals surface area contributed by atoms with Crippen molar-refractivity contribution < 1.29 is 0 Å². The van der Waals surface area contributed by atoms with Crippen LogP contribution in [0.4, 0.5) is 0 Å². The molecule has 0 fully saturated rings. The molecule has 2 rings (SSSR count). The van der Waals surface area contributed by atoms with Crippen molar-refractivity contribution in [3.8, 4) is 0 Å². The van der Waals surface area contributed by atoms with E-state index in [1.807, 2.05) is 0 Å². The smallest absolute Gasteiger partial charge is 0.0146 e. The summed E-state index contributed by atoms with van der Waals surface area (Å²) < 4.78 is 0. The van der Waals surface area contributed by atoms with Crippen LogP contribution in [0.15, 0.2) is 22.0 Å². The van der Waals surface area contributed by atoms with Gasteiger partial charge in [-0.2, -0.15) is 11.3 Å². The summed E-state index contributed by atoms with van der Waals surface area (Å²) >= 11 is 1.77. The highest BCUT2D eigenvalue weighted by Crippen LogP contribution is 2.11. The number of hydrogen-bond donors (Lipinski definition) is 1. The van der Waals surface area contributed by atoms with E-state index in [2.05, 4.69) is 43.8 Å². The van der Waals surface area contributed by atoms with Crippen LogP contribution in [-0.4, -0.2) is 6.54 Å². The molecule has 0 aromatic carbocycles. The van der Waals surface area contributed by atoms with Crippen LogP contribution in [0.5, 0.6) is 0 Å². The molecule has 0 unspecified atom stereocenters. The first-order valence-electron chi connectivity index (χ1n) is 5.51. The first kappa shape index (κ1) is 12.3. The van der Waals surface area contributed by atoms with E-state index in [0.717, 1.165) is 0 Å². The van der Waals surface area contributed by atoms with E-state index in [-0.39, 0.29) is 0 Å². The largest absolute Gasteiger partial charge is 0.389 e. The van der Waals surface area contributed by atoms with Crippen LogP contribution in [0.3, 0.4) is 0 Å². The van der Waals surface area contributed by atoms with Gasteiger partial charge in [-0.15, -0.1) is 0 Å². The Bertz CT molecular complexity index is 306. The Hall–Kier alpha value is -0.760. The van der Waals surface area contributed by atoms with Crippen molar-refractivity contribution in [3.63, 3.8) is 0 Å². The summed E-state index contributed by atoms with van der Waals surface area (Å²) in [6, 6.07) is 0. The molecule has 0 bridgehead atoms. The van der Waals surface area contributed by atoms with E-state index in [0.29, 0.717) is 0 Å². The van der Waals surface area contributed by atoms with Crippen LogP contribution in [0, 0.1) is 13.8 Å². The zero-order chi connectivity index (χ0) is 11.3. The molecule has 1 nitrogen and oxygen atoms in total. The normalized spacial score (nSPS) is 15.5. The average Bonchev–Trinajstić information content (AvgIpc) is 2.57. The second-order valence-corrected chi connectivity index (χ2v) is 4.92. The third-order valence-electron chi connectivity index (χ3n) is 2.87. The van der Waals surface area contributed by atoms with Gasteiger partial charge in [0.25, 0.3) is 0 Å². The Labute approximate surface area is 97.2 Å². The predicted octanol–water partition coefficient (Wildman–Crippen LogP) is 4.03. The molecule has 1 aliphatic heterocycles. The molecular formula is C13H21NS. The molecule has 0 atom stereocenters. The highest BCUT2D eigenvalue weighted by Gasteiger charge is 2.01. The molecule has 15 heavy (non-hydrogen) atoms.